The van der Waals surface area contributed by atoms with Gasteiger partial charge in [0.05, 0.1) is 24.1 Å². The Morgan fingerprint density at radius 3 is 2.81 bits per heavy atom. The standard InChI is InChI=1S/C23H23BrN4O3S/c1-31-20-5-3-2-4-15(20)12-28-11-10-19-18(13-28)22(30)27-23(26-19)32-14-21(29)25-17-8-6-16(24)7-9-17/h2-9H,10-14H2,1H3,(H,25,29)(H,26,27,30). The predicted octanol–water partition coefficient (Wildman–Crippen LogP) is 3.83. The molecule has 0 spiro atoms. The Kier molecular flexibility index (Phi) is 7.29. The van der Waals surface area contributed by atoms with Crippen molar-refractivity contribution in [3.63, 3.8) is 0 Å². The van der Waals surface area contributed by atoms with Crippen molar-refractivity contribution in [1.82, 2.24) is 14.9 Å². The van der Waals surface area contributed by atoms with E-state index in [0.717, 1.165) is 33.7 Å². The van der Waals surface area contributed by atoms with Crippen molar-refractivity contribution in [2.45, 2.75) is 24.7 Å². The number of aromatic nitrogens is 2. The minimum absolute atomic E-state index is 0.143. The number of carbonyl (C=O) groups is 1. The van der Waals surface area contributed by atoms with Crippen LogP contribution in [0, 0.1) is 0 Å². The first kappa shape index (κ1) is 22.6. The van der Waals surface area contributed by atoms with Crippen LogP contribution in [-0.4, -0.2) is 40.2 Å². The molecular formula is C23H23BrN4O3S. The van der Waals surface area contributed by atoms with Crippen LogP contribution in [0.1, 0.15) is 16.8 Å². The second-order valence-corrected chi connectivity index (χ2v) is 9.29. The molecule has 0 saturated heterocycles. The fraction of sp³-hybridized carbons (Fsp3) is 0.261. The maximum atomic E-state index is 12.7. The number of benzene rings is 2. The number of rotatable bonds is 7. The van der Waals surface area contributed by atoms with Gasteiger partial charge in [0.1, 0.15) is 5.75 Å². The molecule has 1 aliphatic rings. The van der Waals surface area contributed by atoms with Crippen LogP contribution in [0.4, 0.5) is 5.69 Å². The zero-order chi connectivity index (χ0) is 22.5. The SMILES string of the molecule is COc1ccccc1CN1CCc2nc(SCC(=O)Nc3ccc(Br)cc3)[nH]c(=O)c2C1. The third kappa shape index (κ3) is 5.59. The normalized spacial score (nSPS) is 13.4. The molecule has 166 valence electrons. The summed E-state index contributed by atoms with van der Waals surface area (Å²) < 4.78 is 6.39. The first-order chi connectivity index (χ1) is 15.5. The van der Waals surface area contributed by atoms with Crippen LogP contribution in [0.25, 0.3) is 0 Å². The summed E-state index contributed by atoms with van der Waals surface area (Å²) in [5.74, 6) is 0.858. The van der Waals surface area contributed by atoms with E-state index >= 15 is 0 Å². The molecule has 32 heavy (non-hydrogen) atoms. The molecule has 0 atom stereocenters. The summed E-state index contributed by atoms with van der Waals surface area (Å²) in [7, 11) is 1.66. The molecule has 7 nitrogen and oxygen atoms in total. The van der Waals surface area contributed by atoms with Crippen LogP contribution >= 0.6 is 27.7 Å². The Labute approximate surface area is 198 Å². The average molecular weight is 515 g/mol. The van der Waals surface area contributed by atoms with Crippen LogP contribution in [-0.2, 0) is 24.3 Å². The van der Waals surface area contributed by atoms with Gasteiger partial charge in [-0.2, -0.15) is 0 Å². The highest BCUT2D eigenvalue weighted by molar-refractivity contribution is 9.10. The van der Waals surface area contributed by atoms with Gasteiger partial charge in [0, 0.05) is 41.8 Å². The van der Waals surface area contributed by atoms with Gasteiger partial charge in [0.25, 0.3) is 5.56 Å². The van der Waals surface area contributed by atoms with Gasteiger partial charge in [0.15, 0.2) is 5.16 Å². The van der Waals surface area contributed by atoms with Gasteiger partial charge in [-0.1, -0.05) is 45.9 Å². The van der Waals surface area contributed by atoms with E-state index in [4.69, 9.17) is 4.74 Å². The molecule has 2 N–H and O–H groups in total. The molecule has 1 amide bonds. The Morgan fingerprint density at radius 2 is 2.03 bits per heavy atom. The van der Waals surface area contributed by atoms with Crippen molar-refractivity contribution in [3.05, 3.63) is 80.2 Å². The zero-order valence-corrected chi connectivity index (χ0v) is 20.0. The fourth-order valence-corrected chi connectivity index (χ4v) is 4.54. The van der Waals surface area contributed by atoms with E-state index in [1.54, 1.807) is 7.11 Å². The van der Waals surface area contributed by atoms with E-state index in [0.29, 0.717) is 30.2 Å². The molecule has 9 heteroatoms. The molecule has 0 saturated carbocycles. The quantitative estimate of drug-likeness (QED) is 0.368. The maximum Gasteiger partial charge on any atom is 0.256 e. The number of hydrogen-bond donors (Lipinski definition) is 2. The molecule has 2 aromatic carbocycles. The molecular weight excluding hydrogens is 492 g/mol. The number of halogens is 1. The number of anilines is 1. The van der Waals surface area contributed by atoms with Crippen molar-refractivity contribution >= 4 is 39.3 Å². The number of carbonyl (C=O) groups excluding carboxylic acids is 1. The number of thioether (sulfide) groups is 1. The van der Waals surface area contributed by atoms with Crippen molar-refractivity contribution < 1.29 is 9.53 Å². The minimum Gasteiger partial charge on any atom is -0.496 e. The van der Waals surface area contributed by atoms with Gasteiger partial charge >= 0.3 is 0 Å². The minimum atomic E-state index is -0.152. The Morgan fingerprint density at radius 1 is 1.25 bits per heavy atom. The lowest BCUT2D eigenvalue weighted by atomic mass is 10.1. The number of amides is 1. The summed E-state index contributed by atoms with van der Waals surface area (Å²) in [5, 5.41) is 3.31. The van der Waals surface area contributed by atoms with Crippen LogP contribution in [0.2, 0.25) is 0 Å². The van der Waals surface area contributed by atoms with Crippen molar-refractivity contribution in [3.8, 4) is 5.75 Å². The largest absolute Gasteiger partial charge is 0.496 e. The number of nitrogens with zero attached hydrogens (tertiary/aromatic N) is 2. The number of ether oxygens (including phenoxy) is 1. The van der Waals surface area contributed by atoms with Gasteiger partial charge in [-0.25, -0.2) is 4.98 Å². The van der Waals surface area contributed by atoms with Gasteiger partial charge in [0.2, 0.25) is 5.91 Å². The number of methoxy groups -OCH3 is 1. The molecule has 1 aromatic heterocycles. The molecule has 0 aliphatic carbocycles. The van der Waals surface area contributed by atoms with E-state index < -0.39 is 0 Å². The van der Waals surface area contributed by atoms with Gasteiger partial charge in [-0.15, -0.1) is 0 Å². The second kappa shape index (κ2) is 10.3. The average Bonchev–Trinajstić information content (AvgIpc) is 2.80. The fourth-order valence-electron chi connectivity index (χ4n) is 3.60. The first-order valence-electron chi connectivity index (χ1n) is 10.2. The smallest absolute Gasteiger partial charge is 0.256 e. The molecule has 0 radical (unpaired) electrons. The molecule has 2 heterocycles. The Bertz CT molecular complexity index is 1170. The number of hydrogen-bond acceptors (Lipinski definition) is 6. The summed E-state index contributed by atoms with van der Waals surface area (Å²) in [6.07, 6.45) is 0.688. The summed E-state index contributed by atoms with van der Waals surface area (Å²) in [4.78, 5) is 34.6. The van der Waals surface area contributed by atoms with E-state index in [-0.39, 0.29) is 17.2 Å². The van der Waals surface area contributed by atoms with Crippen molar-refractivity contribution in [2.24, 2.45) is 0 Å². The van der Waals surface area contributed by atoms with E-state index in [1.807, 2.05) is 48.5 Å². The maximum absolute atomic E-state index is 12.7. The summed E-state index contributed by atoms with van der Waals surface area (Å²) >= 11 is 4.60. The van der Waals surface area contributed by atoms with Crippen molar-refractivity contribution in [2.75, 3.05) is 24.7 Å². The highest BCUT2D eigenvalue weighted by Gasteiger charge is 2.22. The number of para-hydroxylation sites is 1. The Balaban J connectivity index is 1.38. The third-order valence-corrected chi connectivity index (χ3v) is 6.58. The molecule has 0 fully saturated rings. The number of aromatic amines is 1. The zero-order valence-electron chi connectivity index (χ0n) is 17.6. The molecule has 3 aromatic rings. The van der Waals surface area contributed by atoms with Crippen LogP contribution < -0.4 is 15.6 Å². The highest BCUT2D eigenvalue weighted by atomic mass is 79.9. The van der Waals surface area contributed by atoms with E-state index in [1.165, 1.54) is 11.8 Å². The summed E-state index contributed by atoms with van der Waals surface area (Å²) in [6, 6.07) is 15.3. The van der Waals surface area contributed by atoms with Crippen molar-refractivity contribution in [1.29, 1.82) is 0 Å². The number of fused-ring (bicyclic) bond motifs is 1. The second-order valence-electron chi connectivity index (χ2n) is 7.41. The lowest BCUT2D eigenvalue weighted by Crippen LogP contribution is -2.35. The molecule has 0 unspecified atom stereocenters. The third-order valence-electron chi connectivity index (χ3n) is 5.18. The topological polar surface area (TPSA) is 87.3 Å². The summed E-state index contributed by atoms with van der Waals surface area (Å²) in [6.45, 7) is 2.04. The Hall–Kier alpha value is -2.62. The van der Waals surface area contributed by atoms with Crippen LogP contribution in [0.5, 0.6) is 5.75 Å². The number of H-pyrrole nitrogens is 1. The predicted molar refractivity (Wildman–Crippen MR) is 129 cm³/mol. The van der Waals surface area contributed by atoms with Gasteiger partial charge < -0.3 is 15.0 Å². The molecule has 0 bridgehead atoms. The van der Waals surface area contributed by atoms with E-state index in [2.05, 4.69) is 36.1 Å². The van der Waals surface area contributed by atoms with Crippen LogP contribution in [0.3, 0.4) is 0 Å². The molecule has 1 aliphatic heterocycles. The summed E-state index contributed by atoms with van der Waals surface area (Å²) in [5.41, 5.74) is 3.17. The lowest BCUT2D eigenvalue weighted by molar-refractivity contribution is -0.113. The first-order valence-corrected chi connectivity index (χ1v) is 11.9. The highest BCUT2D eigenvalue weighted by Crippen LogP contribution is 2.23. The van der Waals surface area contributed by atoms with E-state index in [9.17, 15) is 9.59 Å². The van der Waals surface area contributed by atoms with Gasteiger partial charge in [-0.3, -0.25) is 14.5 Å². The number of nitrogens with one attached hydrogen (secondary N) is 2. The molecule has 4 rings (SSSR count). The van der Waals surface area contributed by atoms with Crippen LogP contribution in [0.15, 0.2) is 63.0 Å². The van der Waals surface area contributed by atoms with Gasteiger partial charge in [-0.05, 0) is 30.3 Å². The monoisotopic (exact) mass is 514 g/mol. The lowest BCUT2D eigenvalue weighted by Gasteiger charge is -2.28.